The molecule has 2 N–H and O–H groups in total. The Labute approximate surface area is 108 Å². The molecule has 2 saturated carbocycles. The summed E-state index contributed by atoms with van der Waals surface area (Å²) in [5.41, 5.74) is 0. The largest absolute Gasteiger partial charge is 0.481 e. The lowest BCUT2D eigenvalue weighted by Crippen LogP contribution is -2.45. The van der Waals surface area contributed by atoms with E-state index in [0.717, 1.165) is 6.42 Å². The number of fused-ring (bicyclic) bond motifs is 9. The van der Waals surface area contributed by atoms with E-state index in [-0.39, 0.29) is 11.8 Å². The average Bonchev–Trinajstić information content (AvgIpc) is 3.04. The summed E-state index contributed by atoms with van der Waals surface area (Å²) in [5.74, 6) is -2.19. The Morgan fingerprint density at radius 2 is 1.39 bits per heavy atom. The number of hydrogen-bond acceptors (Lipinski definition) is 3. The maximum absolute atomic E-state index is 11.4. The summed E-state index contributed by atoms with van der Waals surface area (Å²) >= 11 is 1.90. The van der Waals surface area contributed by atoms with Gasteiger partial charge in [-0.05, 0) is 30.1 Å². The molecular formula is C13H14O4S. The Balaban J connectivity index is 1.76. The second-order valence-electron chi connectivity index (χ2n) is 5.90. The van der Waals surface area contributed by atoms with E-state index in [9.17, 15) is 19.8 Å². The molecule has 2 aliphatic heterocycles. The molecular weight excluding hydrogens is 252 g/mol. The van der Waals surface area contributed by atoms with Crippen molar-refractivity contribution < 1.29 is 19.8 Å². The van der Waals surface area contributed by atoms with Gasteiger partial charge in [0.25, 0.3) is 0 Å². The molecule has 0 radical (unpaired) electrons. The fraction of sp³-hybridized carbons (Fsp3) is 0.692. The molecule has 3 fully saturated rings. The quantitative estimate of drug-likeness (QED) is 0.737. The zero-order chi connectivity index (χ0) is 12.6. The second kappa shape index (κ2) is 3.32. The van der Waals surface area contributed by atoms with E-state index in [4.69, 9.17) is 0 Å². The Hall–Kier alpha value is -0.970. The number of hydrogen-bond donors (Lipinski definition) is 2. The molecule has 4 aliphatic rings. The molecule has 0 aromatic carbocycles. The van der Waals surface area contributed by atoms with Gasteiger partial charge in [-0.25, -0.2) is 0 Å². The lowest BCUT2D eigenvalue weighted by Gasteiger charge is -2.37. The van der Waals surface area contributed by atoms with Crippen LogP contribution in [0.25, 0.3) is 0 Å². The summed E-state index contributed by atoms with van der Waals surface area (Å²) in [6.45, 7) is 0. The minimum atomic E-state index is -0.912. The molecule has 2 heterocycles. The third kappa shape index (κ3) is 1.09. The first-order valence-corrected chi connectivity index (χ1v) is 7.33. The molecule has 4 bridgehead atoms. The topological polar surface area (TPSA) is 74.6 Å². The van der Waals surface area contributed by atoms with Gasteiger partial charge in [-0.2, -0.15) is 0 Å². The Morgan fingerprint density at radius 1 is 0.944 bits per heavy atom. The third-order valence-corrected chi connectivity index (χ3v) is 6.99. The van der Waals surface area contributed by atoms with E-state index in [1.165, 1.54) is 0 Å². The van der Waals surface area contributed by atoms with E-state index in [1.54, 1.807) is 0 Å². The van der Waals surface area contributed by atoms with Crippen molar-refractivity contribution in [3.05, 3.63) is 12.2 Å². The molecule has 0 spiro atoms. The summed E-state index contributed by atoms with van der Waals surface area (Å²) in [6.07, 6.45) is 5.20. The lowest BCUT2D eigenvalue weighted by atomic mass is 9.65. The SMILES string of the molecule is O=C(O)C1C2CC(C1C(=O)O)C1C3C=CC(S3)C21. The number of aliphatic carboxylic acids is 2. The van der Waals surface area contributed by atoms with Crippen LogP contribution in [0.1, 0.15) is 6.42 Å². The van der Waals surface area contributed by atoms with Crippen LogP contribution in [0.5, 0.6) is 0 Å². The smallest absolute Gasteiger partial charge is 0.307 e. The number of rotatable bonds is 2. The molecule has 18 heavy (non-hydrogen) atoms. The van der Waals surface area contributed by atoms with E-state index in [0.29, 0.717) is 22.3 Å². The summed E-state index contributed by atoms with van der Waals surface area (Å²) in [5, 5.41) is 19.6. The highest BCUT2D eigenvalue weighted by Gasteiger charge is 2.68. The van der Waals surface area contributed by atoms with E-state index >= 15 is 0 Å². The van der Waals surface area contributed by atoms with Crippen LogP contribution < -0.4 is 0 Å². The van der Waals surface area contributed by atoms with E-state index < -0.39 is 23.8 Å². The van der Waals surface area contributed by atoms with Crippen molar-refractivity contribution in [1.82, 2.24) is 0 Å². The predicted octanol–water partition coefficient (Wildman–Crippen LogP) is 1.32. The first-order chi connectivity index (χ1) is 8.59. The van der Waals surface area contributed by atoms with Crippen molar-refractivity contribution in [3.8, 4) is 0 Å². The van der Waals surface area contributed by atoms with Crippen molar-refractivity contribution in [2.24, 2.45) is 35.5 Å². The van der Waals surface area contributed by atoms with Crippen LogP contribution in [0.4, 0.5) is 0 Å². The highest BCUT2D eigenvalue weighted by molar-refractivity contribution is 8.01. The zero-order valence-electron chi connectivity index (χ0n) is 9.60. The van der Waals surface area contributed by atoms with Gasteiger partial charge in [-0.1, -0.05) is 12.2 Å². The molecule has 0 aromatic rings. The van der Waals surface area contributed by atoms with E-state index in [2.05, 4.69) is 12.2 Å². The Morgan fingerprint density at radius 3 is 1.78 bits per heavy atom. The van der Waals surface area contributed by atoms with Crippen molar-refractivity contribution in [1.29, 1.82) is 0 Å². The monoisotopic (exact) mass is 266 g/mol. The summed E-state index contributed by atoms with van der Waals surface area (Å²) in [6, 6.07) is 0. The van der Waals surface area contributed by atoms with Crippen LogP contribution >= 0.6 is 11.8 Å². The molecule has 8 atom stereocenters. The van der Waals surface area contributed by atoms with Crippen LogP contribution in [0, 0.1) is 35.5 Å². The van der Waals surface area contributed by atoms with Crippen LogP contribution in [-0.4, -0.2) is 32.7 Å². The van der Waals surface area contributed by atoms with Crippen LogP contribution in [0.3, 0.4) is 0 Å². The highest BCUT2D eigenvalue weighted by Crippen LogP contribution is 2.68. The molecule has 1 saturated heterocycles. The standard InChI is InChI=1S/C13H14O4S/c14-12(15)10-4-3-5(11(10)13(16)17)9-7-2-1-6(18-7)8(4)9/h1-2,4-11H,3H2,(H,14,15)(H,16,17). The van der Waals surface area contributed by atoms with Gasteiger partial charge in [0, 0.05) is 10.5 Å². The van der Waals surface area contributed by atoms with Gasteiger partial charge in [0.1, 0.15) is 0 Å². The maximum atomic E-state index is 11.4. The molecule has 0 aromatic heterocycles. The number of carboxylic acids is 2. The van der Waals surface area contributed by atoms with Gasteiger partial charge in [-0.15, -0.1) is 11.8 Å². The van der Waals surface area contributed by atoms with Crippen molar-refractivity contribution in [2.45, 2.75) is 16.9 Å². The zero-order valence-corrected chi connectivity index (χ0v) is 10.4. The normalized spacial score (nSPS) is 54.9. The molecule has 96 valence electrons. The van der Waals surface area contributed by atoms with Crippen LogP contribution in [0.2, 0.25) is 0 Å². The molecule has 8 unspecified atom stereocenters. The Bertz CT molecular complexity index is 434. The molecule has 2 aliphatic carbocycles. The summed E-state index contributed by atoms with van der Waals surface area (Å²) in [7, 11) is 0. The second-order valence-corrected chi connectivity index (χ2v) is 7.26. The third-order valence-electron chi connectivity index (χ3n) is 5.42. The first kappa shape index (κ1) is 10.9. The van der Waals surface area contributed by atoms with E-state index in [1.807, 2.05) is 11.8 Å². The lowest BCUT2D eigenvalue weighted by molar-refractivity contribution is -0.158. The van der Waals surface area contributed by atoms with Crippen LogP contribution in [-0.2, 0) is 9.59 Å². The first-order valence-electron chi connectivity index (χ1n) is 6.39. The van der Waals surface area contributed by atoms with Crippen molar-refractivity contribution >= 4 is 23.7 Å². The Kier molecular flexibility index (Phi) is 2.01. The minimum Gasteiger partial charge on any atom is -0.481 e. The van der Waals surface area contributed by atoms with Gasteiger partial charge < -0.3 is 10.2 Å². The number of thioether (sulfide) groups is 1. The number of carbonyl (C=O) groups is 2. The number of carboxylic acid groups (broad SMARTS) is 2. The van der Waals surface area contributed by atoms with Crippen molar-refractivity contribution in [2.75, 3.05) is 0 Å². The van der Waals surface area contributed by atoms with Crippen LogP contribution in [0.15, 0.2) is 12.2 Å². The highest BCUT2D eigenvalue weighted by atomic mass is 32.2. The fourth-order valence-electron chi connectivity index (χ4n) is 5.03. The summed E-state index contributed by atoms with van der Waals surface area (Å²) < 4.78 is 0. The molecule has 4 nitrogen and oxygen atoms in total. The molecule has 5 heteroatoms. The van der Waals surface area contributed by atoms with Crippen molar-refractivity contribution in [3.63, 3.8) is 0 Å². The maximum Gasteiger partial charge on any atom is 0.307 e. The van der Waals surface area contributed by atoms with Gasteiger partial charge in [-0.3, -0.25) is 9.59 Å². The van der Waals surface area contributed by atoms with Gasteiger partial charge in [0.05, 0.1) is 11.8 Å². The minimum absolute atomic E-state index is 0.0750. The average molecular weight is 266 g/mol. The fourth-order valence-corrected chi connectivity index (χ4v) is 6.89. The van der Waals surface area contributed by atoms with Gasteiger partial charge >= 0.3 is 11.9 Å². The predicted molar refractivity (Wildman–Crippen MR) is 65.1 cm³/mol. The van der Waals surface area contributed by atoms with Gasteiger partial charge in [0.15, 0.2) is 0 Å². The summed E-state index contributed by atoms with van der Waals surface area (Å²) in [4.78, 5) is 22.8. The molecule has 4 rings (SSSR count). The van der Waals surface area contributed by atoms with Gasteiger partial charge in [0.2, 0.25) is 0 Å². The molecule has 0 amide bonds.